The van der Waals surface area contributed by atoms with Gasteiger partial charge in [-0.1, -0.05) is 0 Å². The molecule has 0 amide bonds. The van der Waals surface area contributed by atoms with E-state index in [9.17, 15) is 5.11 Å². The minimum absolute atomic E-state index is 0.0317. The Hall–Kier alpha value is -1.01. The van der Waals surface area contributed by atoms with E-state index in [-0.39, 0.29) is 18.7 Å². The first-order chi connectivity index (χ1) is 8.70. The van der Waals surface area contributed by atoms with Gasteiger partial charge in [-0.15, -0.1) is 0 Å². The van der Waals surface area contributed by atoms with E-state index < -0.39 is 0 Å². The summed E-state index contributed by atoms with van der Waals surface area (Å²) in [6.07, 6.45) is 3.52. The first-order valence-electron chi connectivity index (χ1n) is 6.20. The normalized spacial score (nSPS) is 14.7. The Balaban J connectivity index is 2.86. The third-order valence-electron chi connectivity index (χ3n) is 2.91. The fourth-order valence-corrected chi connectivity index (χ4v) is 2.13. The zero-order chi connectivity index (χ0) is 13.4. The topological polar surface area (TPSA) is 71.6 Å². The summed E-state index contributed by atoms with van der Waals surface area (Å²) in [6.45, 7) is 4.03. The predicted molar refractivity (Wildman–Crippen MR) is 71.2 cm³/mol. The van der Waals surface area contributed by atoms with Crippen molar-refractivity contribution in [3.05, 3.63) is 30.1 Å². The molecule has 0 spiro atoms. The molecule has 0 bridgehead atoms. The predicted octanol–water partition coefficient (Wildman–Crippen LogP) is 0.411. The second-order valence-corrected chi connectivity index (χ2v) is 4.34. The molecule has 0 fully saturated rings. The molecule has 0 aliphatic carbocycles. The van der Waals surface area contributed by atoms with Gasteiger partial charge in [0.1, 0.15) is 0 Å². The van der Waals surface area contributed by atoms with Crippen molar-refractivity contribution in [1.82, 2.24) is 9.88 Å². The van der Waals surface area contributed by atoms with E-state index >= 15 is 0 Å². The lowest BCUT2D eigenvalue weighted by Crippen LogP contribution is -2.42. The van der Waals surface area contributed by atoms with Crippen LogP contribution in [-0.4, -0.2) is 54.4 Å². The number of aliphatic hydroxyl groups is 1. The highest BCUT2D eigenvalue weighted by atomic mass is 16.5. The fraction of sp³-hybridized carbons (Fsp3) is 0.615. The van der Waals surface area contributed by atoms with Crippen molar-refractivity contribution in [2.24, 2.45) is 5.73 Å². The van der Waals surface area contributed by atoms with Crippen LogP contribution in [0, 0.1) is 0 Å². The Labute approximate surface area is 109 Å². The summed E-state index contributed by atoms with van der Waals surface area (Å²) in [5.41, 5.74) is 7.20. The van der Waals surface area contributed by atoms with Gasteiger partial charge in [-0.3, -0.25) is 9.88 Å². The van der Waals surface area contributed by atoms with Gasteiger partial charge in [0, 0.05) is 44.7 Å². The Kier molecular flexibility index (Phi) is 6.82. The van der Waals surface area contributed by atoms with Gasteiger partial charge in [0.2, 0.25) is 0 Å². The van der Waals surface area contributed by atoms with Gasteiger partial charge in [-0.2, -0.15) is 0 Å². The van der Waals surface area contributed by atoms with Gasteiger partial charge in [0.15, 0.2) is 0 Å². The van der Waals surface area contributed by atoms with Gasteiger partial charge in [-0.05, 0) is 24.6 Å². The summed E-state index contributed by atoms with van der Waals surface area (Å²) >= 11 is 0. The number of aliphatic hydroxyl groups excluding tert-OH is 1. The first-order valence-corrected chi connectivity index (χ1v) is 6.20. The highest BCUT2D eigenvalue weighted by Gasteiger charge is 2.23. The number of rotatable bonds is 8. The van der Waals surface area contributed by atoms with E-state index in [2.05, 4.69) is 9.88 Å². The van der Waals surface area contributed by atoms with Gasteiger partial charge in [0.25, 0.3) is 0 Å². The summed E-state index contributed by atoms with van der Waals surface area (Å²) < 4.78 is 5.11. The molecule has 0 saturated heterocycles. The smallest absolute Gasteiger partial charge is 0.0589 e. The molecular formula is C13H23N3O2. The van der Waals surface area contributed by atoms with E-state index in [0.29, 0.717) is 13.2 Å². The lowest BCUT2D eigenvalue weighted by Gasteiger charge is -2.34. The standard InChI is InChI=1S/C13H23N3O2/c1-11(14)13(12-3-5-15-6-4-12)16(7-9-17)8-10-18-2/h3-6,11,13,17H,7-10,14H2,1-2H3. The molecule has 0 saturated carbocycles. The van der Waals surface area contributed by atoms with Crippen molar-refractivity contribution in [3.8, 4) is 0 Å². The quantitative estimate of drug-likeness (QED) is 0.702. The minimum Gasteiger partial charge on any atom is -0.395 e. The van der Waals surface area contributed by atoms with Crippen LogP contribution in [0.3, 0.4) is 0 Å². The van der Waals surface area contributed by atoms with E-state index in [1.807, 2.05) is 19.1 Å². The van der Waals surface area contributed by atoms with Crippen LogP contribution in [-0.2, 0) is 4.74 Å². The van der Waals surface area contributed by atoms with Crippen LogP contribution in [0.2, 0.25) is 0 Å². The van der Waals surface area contributed by atoms with Crippen molar-refractivity contribution in [1.29, 1.82) is 0 Å². The third kappa shape index (κ3) is 4.34. The number of nitrogens with two attached hydrogens (primary N) is 1. The molecule has 0 aliphatic rings. The van der Waals surface area contributed by atoms with Crippen LogP contribution in [0.4, 0.5) is 0 Å². The second-order valence-electron chi connectivity index (χ2n) is 4.34. The van der Waals surface area contributed by atoms with E-state index in [1.165, 1.54) is 0 Å². The number of aromatic nitrogens is 1. The molecule has 1 aromatic rings. The maximum Gasteiger partial charge on any atom is 0.0589 e. The Bertz CT molecular complexity index is 319. The average Bonchev–Trinajstić information content (AvgIpc) is 2.37. The second kappa shape index (κ2) is 8.16. The van der Waals surface area contributed by atoms with Gasteiger partial charge in [-0.25, -0.2) is 0 Å². The van der Waals surface area contributed by atoms with E-state index in [0.717, 1.165) is 12.1 Å². The summed E-state index contributed by atoms with van der Waals surface area (Å²) in [6, 6.07) is 3.96. The lowest BCUT2D eigenvalue weighted by atomic mass is 10.0. The lowest BCUT2D eigenvalue weighted by molar-refractivity contribution is 0.0928. The highest BCUT2D eigenvalue weighted by Crippen LogP contribution is 2.22. The molecule has 0 aliphatic heterocycles. The monoisotopic (exact) mass is 253 g/mol. The molecule has 1 aromatic heterocycles. The third-order valence-corrected chi connectivity index (χ3v) is 2.91. The summed E-state index contributed by atoms with van der Waals surface area (Å²) in [5, 5.41) is 9.18. The average molecular weight is 253 g/mol. The fourth-order valence-electron chi connectivity index (χ4n) is 2.13. The number of hydrogen-bond acceptors (Lipinski definition) is 5. The molecule has 0 aromatic carbocycles. The molecule has 2 unspecified atom stereocenters. The van der Waals surface area contributed by atoms with Gasteiger partial charge in [0.05, 0.1) is 13.2 Å². The largest absolute Gasteiger partial charge is 0.395 e. The van der Waals surface area contributed by atoms with Gasteiger partial charge >= 0.3 is 0 Å². The molecule has 5 nitrogen and oxygen atoms in total. The molecule has 102 valence electrons. The van der Waals surface area contributed by atoms with Crippen molar-refractivity contribution >= 4 is 0 Å². The van der Waals surface area contributed by atoms with Crippen LogP contribution in [0.15, 0.2) is 24.5 Å². The van der Waals surface area contributed by atoms with Gasteiger partial charge < -0.3 is 15.6 Å². The number of nitrogens with zero attached hydrogens (tertiary/aromatic N) is 2. The molecule has 2 atom stereocenters. The summed E-state index contributed by atoms with van der Waals surface area (Å²) in [4.78, 5) is 6.16. The molecule has 18 heavy (non-hydrogen) atoms. The van der Waals surface area contributed by atoms with Crippen LogP contribution in [0.25, 0.3) is 0 Å². The SMILES string of the molecule is COCCN(CCO)C(c1ccncc1)C(C)N. The highest BCUT2D eigenvalue weighted by molar-refractivity contribution is 5.17. The maximum absolute atomic E-state index is 9.18. The van der Waals surface area contributed by atoms with Crippen LogP contribution >= 0.6 is 0 Å². The molecular weight excluding hydrogens is 230 g/mol. The molecule has 3 N–H and O–H groups in total. The number of pyridine rings is 1. The van der Waals surface area contributed by atoms with Crippen LogP contribution in [0.5, 0.6) is 0 Å². The van der Waals surface area contributed by atoms with E-state index in [4.69, 9.17) is 10.5 Å². The number of hydrogen-bond donors (Lipinski definition) is 2. The van der Waals surface area contributed by atoms with Crippen molar-refractivity contribution in [2.45, 2.75) is 19.0 Å². The summed E-state index contributed by atoms with van der Waals surface area (Å²) in [7, 11) is 1.67. The molecule has 1 rings (SSSR count). The zero-order valence-corrected chi connectivity index (χ0v) is 11.1. The molecule has 0 radical (unpaired) electrons. The van der Waals surface area contributed by atoms with Crippen LogP contribution < -0.4 is 5.73 Å². The zero-order valence-electron chi connectivity index (χ0n) is 11.1. The van der Waals surface area contributed by atoms with Crippen molar-refractivity contribution < 1.29 is 9.84 Å². The molecule has 5 heteroatoms. The maximum atomic E-state index is 9.18. The summed E-state index contributed by atoms with van der Waals surface area (Å²) in [5.74, 6) is 0. The number of methoxy groups -OCH3 is 1. The first kappa shape index (κ1) is 15.0. The Morgan fingerprint density at radius 2 is 2.06 bits per heavy atom. The molecule has 1 heterocycles. The Morgan fingerprint density at radius 3 is 2.56 bits per heavy atom. The van der Waals surface area contributed by atoms with Crippen LogP contribution in [0.1, 0.15) is 18.5 Å². The van der Waals surface area contributed by atoms with E-state index in [1.54, 1.807) is 19.5 Å². The van der Waals surface area contributed by atoms with Crippen molar-refractivity contribution in [3.63, 3.8) is 0 Å². The minimum atomic E-state index is -0.0317. The van der Waals surface area contributed by atoms with Crippen molar-refractivity contribution in [2.75, 3.05) is 33.4 Å². The number of ether oxygens (including phenoxy) is 1. The Morgan fingerprint density at radius 1 is 1.39 bits per heavy atom.